The lowest BCUT2D eigenvalue weighted by Gasteiger charge is -2.23. The van der Waals surface area contributed by atoms with Gasteiger partial charge in [0.2, 0.25) is 5.91 Å². The van der Waals surface area contributed by atoms with Gasteiger partial charge in [-0.2, -0.15) is 0 Å². The van der Waals surface area contributed by atoms with Crippen LogP contribution in [0.4, 0.5) is 0 Å². The van der Waals surface area contributed by atoms with Crippen molar-refractivity contribution >= 4 is 34.5 Å². The number of hydrogen-bond donors (Lipinski definition) is 3. The Hall–Kier alpha value is -4.72. The van der Waals surface area contributed by atoms with E-state index in [2.05, 4.69) is 15.6 Å². The van der Waals surface area contributed by atoms with Crippen LogP contribution in [0.3, 0.4) is 0 Å². The molecule has 2 amide bonds. The van der Waals surface area contributed by atoms with Gasteiger partial charge in [-0.25, -0.2) is 4.79 Å². The van der Waals surface area contributed by atoms with Gasteiger partial charge in [-0.15, -0.1) is 0 Å². The molecule has 0 aliphatic rings. The molecule has 8 heteroatoms. The van der Waals surface area contributed by atoms with E-state index in [0.29, 0.717) is 23.0 Å². The summed E-state index contributed by atoms with van der Waals surface area (Å²) in [5.41, 5.74) is 3.00. The van der Waals surface area contributed by atoms with E-state index < -0.39 is 35.7 Å². The molecular formula is C32H33N3O5. The van der Waals surface area contributed by atoms with Gasteiger partial charge in [0.05, 0.1) is 18.4 Å². The second-order valence-electron chi connectivity index (χ2n) is 10.0. The Balaban J connectivity index is 1.65. The monoisotopic (exact) mass is 539 g/mol. The summed E-state index contributed by atoms with van der Waals surface area (Å²) in [6.45, 7) is 3.85. The molecule has 0 aliphatic heterocycles. The Morgan fingerprint density at radius 3 is 2.08 bits per heavy atom. The predicted octanol–water partition coefficient (Wildman–Crippen LogP) is 4.45. The van der Waals surface area contributed by atoms with Gasteiger partial charge in [0.15, 0.2) is 0 Å². The van der Waals surface area contributed by atoms with Crippen LogP contribution in [0.2, 0.25) is 0 Å². The molecule has 0 spiro atoms. The van der Waals surface area contributed by atoms with Crippen molar-refractivity contribution in [2.75, 3.05) is 7.11 Å². The average molecular weight is 540 g/mol. The smallest absolute Gasteiger partial charge is 0.328 e. The SMILES string of the molecule is COC(=O)C(CC(C)C)NC(=O)C(Cc1ccccc1)NC(=O)C(=O)c1c(-c2ccccc2)[nH]c2ccccc12. The Morgan fingerprint density at radius 1 is 0.800 bits per heavy atom. The van der Waals surface area contributed by atoms with Gasteiger partial charge in [-0.3, -0.25) is 14.4 Å². The van der Waals surface area contributed by atoms with E-state index in [9.17, 15) is 19.2 Å². The molecule has 3 N–H and O–H groups in total. The van der Waals surface area contributed by atoms with Crippen molar-refractivity contribution in [2.24, 2.45) is 5.92 Å². The number of nitrogens with one attached hydrogen (secondary N) is 3. The van der Waals surface area contributed by atoms with Crippen LogP contribution in [0.5, 0.6) is 0 Å². The van der Waals surface area contributed by atoms with Crippen molar-refractivity contribution in [3.05, 3.63) is 96.1 Å². The van der Waals surface area contributed by atoms with Gasteiger partial charge < -0.3 is 20.4 Å². The molecule has 1 aromatic heterocycles. The first-order valence-electron chi connectivity index (χ1n) is 13.2. The number of rotatable bonds is 11. The second kappa shape index (κ2) is 12.9. The lowest BCUT2D eigenvalue weighted by Crippen LogP contribution is -2.54. The van der Waals surface area contributed by atoms with Crippen LogP contribution in [-0.2, 0) is 25.5 Å². The lowest BCUT2D eigenvalue weighted by molar-refractivity contribution is -0.145. The highest BCUT2D eigenvalue weighted by Crippen LogP contribution is 2.30. The van der Waals surface area contributed by atoms with E-state index in [1.165, 1.54) is 7.11 Å². The topological polar surface area (TPSA) is 117 Å². The van der Waals surface area contributed by atoms with Crippen molar-refractivity contribution in [2.45, 2.75) is 38.8 Å². The summed E-state index contributed by atoms with van der Waals surface area (Å²) in [6, 6.07) is 23.7. The van der Waals surface area contributed by atoms with E-state index in [1.807, 2.05) is 86.6 Å². The summed E-state index contributed by atoms with van der Waals surface area (Å²) in [6.07, 6.45) is 0.486. The van der Waals surface area contributed by atoms with Gasteiger partial charge in [0.25, 0.3) is 11.7 Å². The number of carbonyl (C=O) groups excluding carboxylic acids is 4. The van der Waals surface area contributed by atoms with Crippen LogP contribution in [0, 0.1) is 5.92 Å². The molecule has 0 radical (unpaired) electrons. The number of H-pyrrole nitrogens is 1. The maximum atomic E-state index is 13.7. The van der Waals surface area contributed by atoms with Gasteiger partial charge in [0, 0.05) is 17.3 Å². The Morgan fingerprint density at radius 2 is 1.43 bits per heavy atom. The summed E-state index contributed by atoms with van der Waals surface area (Å²) in [5, 5.41) is 5.97. The highest BCUT2D eigenvalue weighted by atomic mass is 16.5. The zero-order valence-corrected chi connectivity index (χ0v) is 22.8. The number of ketones is 1. The van der Waals surface area contributed by atoms with Gasteiger partial charge in [0.1, 0.15) is 12.1 Å². The molecule has 0 saturated carbocycles. The summed E-state index contributed by atoms with van der Waals surface area (Å²) in [5.74, 6) is -2.74. The number of Topliss-reactive ketones (excluding diaryl/α,β-unsaturated/α-hetero) is 1. The molecule has 0 aliphatic carbocycles. The lowest BCUT2D eigenvalue weighted by atomic mass is 9.99. The standard InChI is InChI=1S/C32H33N3O5/c1-20(2)18-26(32(39)40-3)35-30(37)25(19-21-12-6-4-7-13-21)34-31(38)29(36)27-23-16-10-11-17-24(23)33-28(27)22-14-8-5-9-15-22/h4-17,20,25-26,33H,18-19H2,1-3H3,(H,34,38)(H,35,37). The number of amides is 2. The molecule has 0 saturated heterocycles. The first-order chi connectivity index (χ1) is 19.3. The third-order valence-electron chi connectivity index (χ3n) is 6.62. The number of hydrogen-bond acceptors (Lipinski definition) is 5. The molecule has 1 heterocycles. The Bertz CT molecular complexity index is 1500. The fourth-order valence-corrected chi connectivity index (χ4v) is 4.70. The van der Waals surface area contributed by atoms with Crippen molar-refractivity contribution in [3.8, 4) is 11.3 Å². The van der Waals surface area contributed by atoms with Crippen LogP contribution in [-0.4, -0.2) is 47.7 Å². The molecule has 4 aromatic rings. The Kier molecular flexibility index (Phi) is 9.11. The number of ether oxygens (including phenoxy) is 1. The third-order valence-corrected chi connectivity index (χ3v) is 6.62. The quantitative estimate of drug-likeness (QED) is 0.148. The summed E-state index contributed by atoms with van der Waals surface area (Å²) < 4.78 is 4.88. The predicted molar refractivity (Wildman–Crippen MR) is 154 cm³/mol. The normalized spacial score (nSPS) is 12.5. The molecule has 0 bridgehead atoms. The molecule has 2 unspecified atom stereocenters. The number of aromatic amines is 1. The number of para-hydroxylation sites is 1. The fraction of sp³-hybridized carbons (Fsp3) is 0.250. The van der Waals surface area contributed by atoms with E-state index in [1.54, 1.807) is 12.1 Å². The highest BCUT2D eigenvalue weighted by molar-refractivity contribution is 6.46. The largest absolute Gasteiger partial charge is 0.467 e. The number of benzene rings is 3. The number of carbonyl (C=O) groups is 4. The zero-order chi connectivity index (χ0) is 28.6. The van der Waals surface area contributed by atoms with Crippen LogP contribution in [0.1, 0.15) is 36.2 Å². The third kappa shape index (κ3) is 6.64. The molecule has 8 nitrogen and oxygen atoms in total. The zero-order valence-electron chi connectivity index (χ0n) is 22.8. The van der Waals surface area contributed by atoms with Crippen LogP contribution >= 0.6 is 0 Å². The Labute approximate surface area is 233 Å². The van der Waals surface area contributed by atoms with E-state index in [4.69, 9.17) is 4.74 Å². The van der Waals surface area contributed by atoms with Crippen LogP contribution in [0.15, 0.2) is 84.9 Å². The van der Waals surface area contributed by atoms with Crippen molar-refractivity contribution in [1.82, 2.24) is 15.6 Å². The van der Waals surface area contributed by atoms with Crippen molar-refractivity contribution < 1.29 is 23.9 Å². The molecular weight excluding hydrogens is 506 g/mol. The average Bonchev–Trinajstić information content (AvgIpc) is 3.36. The fourth-order valence-electron chi connectivity index (χ4n) is 4.70. The summed E-state index contributed by atoms with van der Waals surface area (Å²) in [4.78, 5) is 56.3. The molecule has 40 heavy (non-hydrogen) atoms. The number of fused-ring (bicyclic) bond motifs is 1. The van der Waals surface area contributed by atoms with Crippen molar-refractivity contribution in [1.29, 1.82) is 0 Å². The maximum Gasteiger partial charge on any atom is 0.328 e. The molecule has 2 atom stereocenters. The summed E-state index contributed by atoms with van der Waals surface area (Å²) in [7, 11) is 1.26. The number of methoxy groups -OCH3 is 1. The first kappa shape index (κ1) is 28.3. The number of aromatic nitrogens is 1. The molecule has 4 rings (SSSR count). The van der Waals surface area contributed by atoms with Gasteiger partial charge in [-0.1, -0.05) is 92.7 Å². The number of esters is 1. The molecule has 206 valence electrons. The van der Waals surface area contributed by atoms with E-state index in [-0.39, 0.29) is 17.9 Å². The van der Waals surface area contributed by atoms with E-state index >= 15 is 0 Å². The minimum atomic E-state index is -1.11. The van der Waals surface area contributed by atoms with Crippen LogP contribution in [0.25, 0.3) is 22.2 Å². The van der Waals surface area contributed by atoms with Gasteiger partial charge in [-0.05, 0) is 29.5 Å². The minimum Gasteiger partial charge on any atom is -0.467 e. The van der Waals surface area contributed by atoms with Crippen molar-refractivity contribution in [3.63, 3.8) is 0 Å². The highest BCUT2D eigenvalue weighted by Gasteiger charge is 2.31. The molecule has 0 fully saturated rings. The molecule has 3 aromatic carbocycles. The van der Waals surface area contributed by atoms with E-state index in [0.717, 1.165) is 11.1 Å². The second-order valence-corrected chi connectivity index (χ2v) is 10.0. The van der Waals surface area contributed by atoms with Gasteiger partial charge >= 0.3 is 5.97 Å². The minimum absolute atomic E-state index is 0.103. The first-order valence-corrected chi connectivity index (χ1v) is 13.2. The van der Waals surface area contributed by atoms with Crippen LogP contribution < -0.4 is 10.6 Å². The maximum absolute atomic E-state index is 13.7. The summed E-state index contributed by atoms with van der Waals surface area (Å²) >= 11 is 0.